The van der Waals surface area contributed by atoms with E-state index >= 15 is 0 Å². The number of nitrogens with zero attached hydrogens (tertiary/aromatic N) is 2. The van der Waals surface area contributed by atoms with Gasteiger partial charge >= 0.3 is 5.76 Å². The predicted molar refractivity (Wildman–Crippen MR) is 56.9 cm³/mol. The summed E-state index contributed by atoms with van der Waals surface area (Å²) in [6, 6.07) is 0. The molecule has 2 heterocycles. The average molecular weight is 225 g/mol. The lowest BCUT2D eigenvalue weighted by Gasteiger charge is -2.13. The quantitative estimate of drug-likeness (QED) is 0.803. The second-order valence-electron chi connectivity index (χ2n) is 4.23. The summed E-state index contributed by atoms with van der Waals surface area (Å²) >= 11 is 1.55. The molecule has 0 amide bonds. The summed E-state index contributed by atoms with van der Waals surface area (Å²) in [5.74, 6) is -0.179. The molecule has 0 unspecified atom stereocenters. The van der Waals surface area contributed by atoms with Gasteiger partial charge in [0.15, 0.2) is 0 Å². The van der Waals surface area contributed by atoms with Gasteiger partial charge in [0.05, 0.1) is 5.01 Å². The van der Waals surface area contributed by atoms with Crippen LogP contribution in [0.2, 0.25) is 0 Å². The first-order valence-electron chi connectivity index (χ1n) is 4.49. The van der Waals surface area contributed by atoms with Crippen molar-refractivity contribution < 1.29 is 4.52 Å². The third-order valence-electron chi connectivity index (χ3n) is 1.83. The van der Waals surface area contributed by atoms with Gasteiger partial charge in [-0.05, 0) is 0 Å². The molecule has 1 N–H and O–H groups in total. The van der Waals surface area contributed by atoms with Crippen molar-refractivity contribution in [1.29, 1.82) is 0 Å². The molecule has 0 aliphatic rings. The number of thiazole rings is 1. The molecule has 0 radical (unpaired) electrons. The lowest BCUT2D eigenvalue weighted by Crippen LogP contribution is -2.10. The molecule has 15 heavy (non-hydrogen) atoms. The standard InChI is InChI=1S/C9H11N3O2S/c1-9(2,3)7-10-5(4-15-7)6-11-8(13)14-12-6/h4H,1-3H3,(H,11,12,13). The maximum atomic E-state index is 10.8. The maximum absolute atomic E-state index is 10.8. The van der Waals surface area contributed by atoms with Gasteiger partial charge in [-0.15, -0.1) is 11.3 Å². The normalized spacial score (nSPS) is 11.9. The second-order valence-corrected chi connectivity index (χ2v) is 5.09. The maximum Gasteiger partial charge on any atom is 0.439 e. The monoisotopic (exact) mass is 225 g/mol. The molecule has 5 nitrogen and oxygen atoms in total. The van der Waals surface area contributed by atoms with Gasteiger partial charge < -0.3 is 0 Å². The number of aromatic nitrogens is 3. The molecule has 0 aliphatic heterocycles. The smallest absolute Gasteiger partial charge is 0.296 e. The molecule has 2 aromatic rings. The minimum absolute atomic E-state index is 0.00689. The van der Waals surface area contributed by atoms with Crippen LogP contribution in [0.3, 0.4) is 0 Å². The van der Waals surface area contributed by atoms with Crippen LogP contribution < -0.4 is 5.76 Å². The highest BCUT2D eigenvalue weighted by Crippen LogP contribution is 2.28. The van der Waals surface area contributed by atoms with E-state index < -0.39 is 5.76 Å². The summed E-state index contributed by atoms with van der Waals surface area (Å²) in [7, 11) is 0. The lowest BCUT2D eigenvalue weighted by molar-refractivity contribution is 0.387. The number of hydrogen-bond acceptors (Lipinski definition) is 5. The third kappa shape index (κ3) is 1.99. The summed E-state index contributed by atoms with van der Waals surface area (Å²) in [6.45, 7) is 6.25. The molecule has 0 spiro atoms. The Labute approximate surface area is 90.2 Å². The van der Waals surface area contributed by atoms with Crippen molar-refractivity contribution in [3.05, 3.63) is 20.9 Å². The predicted octanol–water partition coefficient (Wildman–Crippen LogP) is 1.78. The average Bonchev–Trinajstić information content (AvgIpc) is 2.69. The van der Waals surface area contributed by atoms with E-state index in [1.807, 2.05) is 5.38 Å². The van der Waals surface area contributed by atoms with Gasteiger partial charge in [-0.25, -0.2) is 9.78 Å². The van der Waals surface area contributed by atoms with Gasteiger partial charge in [0, 0.05) is 10.8 Å². The number of hydrogen-bond donors (Lipinski definition) is 1. The first-order valence-corrected chi connectivity index (χ1v) is 5.37. The van der Waals surface area contributed by atoms with E-state index in [1.54, 1.807) is 11.3 Å². The number of nitrogens with one attached hydrogen (secondary N) is 1. The Bertz CT molecular complexity index is 518. The summed E-state index contributed by atoms with van der Waals surface area (Å²) in [5.41, 5.74) is 0.656. The molecule has 0 fully saturated rings. The summed E-state index contributed by atoms with van der Waals surface area (Å²) in [5, 5.41) is 6.44. The van der Waals surface area contributed by atoms with Crippen LogP contribution in [0.1, 0.15) is 25.8 Å². The van der Waals surface area contributed by atoms with Crippen molar-refractivity contribution in [3.63, 3.8) is 0 Å². The van der Waals surface area contributed by atoms with Crippen molar-refractivity contribution in [3.8, 4) is 11.5 Å². The van der Waals surface area contributed by atoms with Crippen molar-refractivity contribution in [1.82, 2.24) is 15.1 Å². The fourth-order valence-corrected chi connectivity index (χ4v) is 1.96. The van der Waals surface area contributed by atoms with E-state index in [4.69, 9.17) is 0 Å². The molecule has 2 rings (SSSR count). The topological polar surface area (TPSA) is 71.8 Å². The Hall–Kier alpha value is -1.43. The van der Waals surface area contributed by atoms with Crippen LogP contribution >= 0.6 is 11.3 Å². The number of rotatable bonds is 1. The van der Waals surface area contributed by atoms with Crippen LogP contribution in [-0.2, 0) is 5.41 Å². The van der Waals surface area contributed by atoms with E-state index in [-0.39, 0.29) is 5.41 Å². The Morgan fingerprint density at radius 2 is 2.20 bits per heavy atom. The van der Waals surface area contributed by atoms with E-state index in [1.165, 1.54) is 0 Å². The van der Waals surface area contributed by atoms with E-state index in [9.17, 15) is 4.79 Å². The van der Waals surface area contributed by atoms with Crippen LogP contribution in [0.25, 0.3) is 11.5 Å². The largest absolute Gasteiger partial charge is 0.439 e. The van der Waals surface area contributed by atoms with Crippen molar-refractivity contribution in [2.75, 3.05) is 0 Å². The van der Waals surface area contributed by atoms with Gasteiger partial charge in [-0.3, -0.25) is 9.51 Å². The Balaban J connectivity index is 2.40. The van der Waals surface area contributed by atoms with Gasteiger partial charge in [-0.2, -0.15) is 0 Å². The van der Waals surface area contributed by atoms with Gasteiger partial charge in [0.25, 0.3) is 0 Å². The molecule has 0 bridgehead atoms. The van der Waals surface area contributed by atoms with Crippen LogP contribution in [-0.4, -0.2) is 15.1 Å². The summed E-state index contributed by atoms with van der Waals surface area (Å²) in [6.07, 6.45) is 0. The van der Waals surface area contributed by atoms with Crippen LogP contribution in [0.15, 0.2) is 14.7 Å². The highest BCUT2D eigenvalue weighted by Gasteiger charge is 2.19. The summed E-state index contributed by atoms with van der Waals surface area (Å²) < 4.78 is 4.42. The molecule has 80 valence electrons. The molecule has 2 aromatic heterocycles. The van der Waals surface area contributed by atoms with E-state index in [2.05, 4.69) is 40.4 Å². The second kappa shape index (κ2) is 3.30. The van der Waals surface area contributed by atoms with Crippen molar-refractivity contribution in [2.45, 2.75) is 26.2 Å². The Morgan fingerprint density at radius 1 is 1.47 bits per heavy atom. The van der Waals surface area contributed by atoms with Crippen LogP contribution in [0, 0.1) is 0 Å². The van der Waals surface area contributed by atoms with E-state index in [0.717, 1.165) is 5.01 Å². The third-order valence-corrected chi connectivity index (χ3v) is 3.10. The summed E-state index contributed by atoms with van der Waals surface area (Å²) in [4.78, 5) is 17.6. The number of aromatic amines is 1. The molecular formula is C9H11N3O2S. The van der Waals surface area contributed by atoms with Gasteiger partial charge in [0.2, 0.25) is 5.82 Å². The van der Waals surface area contributed by atoms with E-state index in [0.29, 0.717) is 11.5 Å². The Morgan fingerprint density at radius 3 is 2.67 bits per heavy atom. The zero-order chi connectivity index (χ0) is 11.1. The minimum atomic E-state index is -0.560. The van der Waals surface area contributed by atoms with Crippen LogP contribution in [0.5, 0.6) is 0 Å². The first kappa shape index (κ1) is 10.1. The highest BCUT2D eigenvalue weighted by atomic mass is 32.1. The SMILES string of the molecule is CC(C)(C)c1nc(-c2noc(=O)[nH]2)cs1. The van der Waals surface area contributed by atoms with Gasteiger partial charge in [0.1, 0.15) is 5.69 Å². The molecule has 0 saturated carbocycles. The first-order chi connectivity index (χ1) is 6.97. The lowest BCUT2D eigenvalue weighted by atomic mass is 9.98. The van der Waals surface area contributed by atoms with Crippen LogP contribution in [0.4, 0.5) is 0 Å². The number of H-pyrrole nitrogens is 1. The molecule has 0 aliphatic carbocycles. The fraction of sp³-hybridized carbons (Fsp3) is 0.444. The Kier molecular flexibility index (Phi) is 2.22. The van der Waals surface area contributed by atoms with Crippen molar-refractivity contribution in [2.24, 2.45) is 0 Å². The molecule has 0 atom stereocenters. The fourth-order valence-electron chi connectivity index (χ4n) is 1.07. The molecule has 0 aromatic carbocycles. The zero-order valence-electron chi connectivity index (χ0n) is 8.70. The molecular weight excluding hydrogens is 214 g/mol. The highest BCUT2D eigenvalue weighted by molar-refractivity contribution is 7.10. The zero-order valence-corrected chi connectivity index (χ0v) is 9.51. The molecule has 6 heteroatoms. The molecule has 0 saturated heterocycles. The van der Waals surface area contributed by atoms with Gasteiger partial charge in [-0.1, -0.05) is 25.9 Å². The minimum Gasteiger partial charge on any atom is -0.296 e. The van der Waals surface area contributed by atoms with Crippen molar-refractivity contribution >= 4 is 11.3 Å².